The van der Waals surface area contributed by atoms with Gasteiger partial charge in [0.25, 0.3) is 0 Å². The number of nitrogens with one attached hydrogen (secondary N) is 1. The van der Waals surface area contributed by atoms with Crippen LogP contribution in [0, 0.1) is 0 Å². The van der Waals surface area contributed by atoms with Gasteiger partial charge in [0.15, 0.2) is 30.2 Å². The molecule has 2 aliphatic heterocycles. The Balaban J connectivity index is 1.60. The number of amidine groups is 1. The first-order valence-corrected chi connectivity index (χ1v) is 9.66. The number of aromatic nitrogens is 3. The van der Waals surface area contributed by atoms with E-state index in [4.69, 9.17) is 16.3 Å². The first-order chi connectivity index (χ1) is 15.3. The molecule has 1 aromatic heterocycles. The molecule has 0 bridgehead atoms. The predicted octanol–water partition coefficient (Wildman–Crippen LogP) is 2.14. The number of hydrogen-bond acceptors (Lipinski definition) is 8. The average molecular weight is 501 g/mol. The van der Waals surface area contributed by atoms with Gasteiger partial charge in [-0.1, -0.05) is 11.6 Å². The molecule has 3 unspecified atom stereocenters. The Hall–Kier alpha value is -2.62. The van der Waals surface area contributed by atoms with Gasteiger partial charge in [0.1, 0.15) is 5.82 Å². The summed E-state index contributed by atoms with van der Waals surface area (Å²) in [5.41, 5.74) is 0.360. The van der Waals surface area contributed by atoms with Crippen LogP contribution < -0.4 is 0 Å². The van der Waals surface area contributed by atoms with Crippen molar-refractivity contribution < 1.29 is 41.3 Å². The molecule has 2 aromatic rings. The highest BCUT2D eigenvalue weighted by Crippen LogP contribution is 2.37. The second-order valence-corrected chi connectivity index (χ2v) is 7.68. The van der Waals surface area contributed by atoms with Crippen molar-refractivity contribution in [3.05, 3.63) is 46.5 Å². The molecule has 1 saturated heterocycles. The van der Waals surface area contributed by atoms with E-state index in [0.29, 0.717) is 10.6 Å². The molecule has 3 heterocycles. The lowest BCUT2D eigenvalue weighted by molar-refractivity contribution is -0.209. The Bertz CT molecular complexity index is 1030. The molecule has 33 heavy (non-hydrogen) atoms. The standard InChI is InChI=1S/C17H15ClF6N6O3/c18-8-3-1-7(2-4-8)13-28-30(6-10-25-12(27-26-10)11(32)17(22,23)24)15-14(33-15)29(13)5-9(31)16(19,20)21/h1-4,9,11,14-15,31-32H,5-6H2,(H,25,26,27)/t9-,11?,14?,15?/m0/s1. The molecule has 0 amide bonds. The largest absolute Gasteiger partial charge is 0.421 e. The summed E-state index contributed by atoms with van der Waals surface area (Å²) in [5.74, 6) is -0.964. The van der Waals surface area contributed by atoms with Crippen LogP contribution in [0.15, 0.2) is 29.4 Å². The van der Waals surface area contributed by atoms with Gasteiger partial charge in [-0.25, -0.2) is 4.98 Å². The van der Waals surface area contributed by atoms with E-state index in [0.717, 1.165) is 4.90 Å². The Kier molecular flexibility index (Phi) is 5.92. The van der Waals surface area contributed by atoms with E-state index < -0.39 is 49.4 Å². The first-order valence-electron chi connectivity index (χ1n) is 9.28. The van der Waals surface area contributed by atoms with Crippen molar-refractivity contribution in [1.82, 2.24) is 25.1 Å². The molecule has 0 aliphatic carbocycles. The number of hydrogen-bond donors (Lipinski definition) is 3. The number of aliphatic hydroxyl groups excluding tert-OH is 2. The molecule has 0 radical (unpaired) electrons. The minimum absolute atomic E-state index is 0.0174. The Morgan fingerprint density at radius 1 is 1.06 bits per heavy atom. The molecule has 4 rings (SSSR count). The molecular weight excluding hydrogens is 486 g/mol. The molecule has 16 heteroatoms. The zero-order valence-electron chi connectivity index (χ0n) is 16.2. The number of fused-ring (bicyclic) bond motifs is 1. The maximum Gasteiger partial charge on any atom is 0.421 e. The van der Waals surface area contributed by atoms with Gasteiger partial charge < -0.3 is 19.8 Å². The first kappa shape index (κ1) is 23.5. The van der Waals surface area contributed by atoms with Gasteiger partial charge in [-0.05, 0) is 24.3 Å². The molecular formula is C17H15ClF6N6O3. The molecule has 9 nitrogen and oxygen atoms in total. The molecule has 0 spiro atoms. The summed E-state index contributed by atoms with van der Waals surface area (Å²) in [6.45, 7) is -1.10. The zero-order valence-corrected chi connectivity index (χ0v) is 17.0. The number of β-amino-alcohol motifs (C(OH)–C–C–N with tert-alkyl or cyclic N) is 1. The summed E-state index contributed by atoms with van der Waals surface area (Å²) in [7, 11) is 0. The van der Waals surface area contributed by atoms with Gasteiger partial charge in [0, 0.05) is 10.6 Å². The van der Waals surface area contributed by atoms with Gasteiger partial charge in [0.05, 0.1) is 13.1 Å². The molecule has 0 saturated carbocycles. The van der Waals surface area contributed by atoms with Crippen molar-refractivity contribution in [3.8, 4) is 0 Å². The average Bonchev–Trinajstić information content (AvgIpc) is 3.40. The van der Waals surface area contributed by atoms with Crippen LogP contribution in [0.3, 0.4) is 0 Å². The van der Waals surface area contributed by atoms with E-state index in [9.17, 15) is 36.6 Å². The molecule has 4 atom stereocenters. The number of aliphatic hydroxyl groups is 2. The highest BCUT2D eigenvalue weighted by molar-refractivity contribution is 6.30. The van der Waals surface area contributed by atoms with Gasteiger partial charge in [-0.3, -0.25) is 10.1 Å². The fourth-order valence-corrected chi connectivity index (χ4v) is 3.26. The van der Waals surface area contributed by atoms with Crippen molar-refractivity contribution in [1.29, 1.82) is 0 Å². The van der Waals surface area contributed by atoms with E-state index >= 15 is 0 Å². The third kappa shape index (κ3) is 5.00. The maximum absolute atomic E-state index is 12.9. The lowest BCUT2D eigenvalue weighted by atomic mass is 10.1. The third-order valence-electron chi connectivity index (χ3n) is 4.81. The SMILES string of the molecule is OC(c1n[nH]c(CN2N=C(c3ccc(Cl)cc3)N(C[C@H](O)C(F)(F)F)C3OC32)n1)C(F)(F)F. The number of halogens is 7. The minimum atomic E-state index is -4.96. The predicted molar refractivity (Wildman–Crippen MR) is 98.4 cm³/mol. The lowest BCUT2D eigenvalue weighted by Gasteiger charge is -2.32. The van der Waals surface area contributed by atoms with Gasteiger partial charge >= 0.3 is 12.4 Å². The summed E-state index contributed by atoms with van der Waals surface area (Å²) in [5, 5.41) is 30.3. The highest BCUT2D eigenvalue weighted by atomic mass is 35.5. The normalized spacial score (nSPS) is 22.6. The van der Waals surface area contributed by atoms with Gasteiger partial charge in [-0.2, -0.15) is 36.5 Å². The summed E-state index contributed by atoms with van der Waals surface area (Å²) in [6, 6.07) is 5.98. The van der Waals surface area contributed by atoms with Crippen LogP contribution in [0.2, 0.25) is 5.02 Å². The second kappa shape index (κ2) is 8.30. The summed E-state index contributed by atoms with van der Waals surface area (Å²) in [6.07, 6.45) is -17.2. The number of hydrazone groups is 1. The van der Waals surface area contributed by atoms with E-state index in [-0.39, 0.29) is 18.2 Å². The van der Waals surface area contributed by atoms with Crippen molar-refractivity contribution in [3.63, 3.8) is 0 Å². The van der Waals surface area contributed by atoms with Gasteiger partial charge in [-0.15, -0.1) is 0 Å². The van der Waals surface area contributed by atoms with Crippen molar-refractivity contribution >= 4 is 17.4 Å². The van der Waals surface area contributed by atoms with Crippen LogP contribution in [0.4, 0.5) is 26.3 Å². The lowest BCUT2D eigenvalue weighted by Crippen LogP contribution is -2.50. The van der Waals surface area contributed by atoms with Crippen LogP contribution in [0.5, 0.6) is 0 Å². The molecule has 3 N–H and O–H groups in total. The Morgan fingerprint density at radius 2 is 1.73 bits per heavy atom. The van der Waals surface area contributed by atoms with E-state index in [2.05, 4.69) is 20.3 Å². The summed E-state index contributed by atoms with van der Waals surface area (Å²) < 4.78 is 82.2. The third-order valence-corrected chi connectivity index (χ3v) is 5.06. The quantitative estimate of drug-likeness (QED) is 0.411. The fraction of sp³-hybridized carbons (Fsp3) is 0.471. The molecule has 180 valence electrons. The van der Waals surface area contributed by atoms with E-state index in [1.807, 2.05) is 0 Å². The van der Waals surface area contributed by atoms with Crippen LogP contribution in [-0.4, -0.2) is 78.6 Å². The number of epoxide rings is 1. The second-order valence-electron chi connectivity index (χ2n) is 7.24. The number of alkyl halides is 6. The number of aromatic amines is 1. The van der Waals surface area contributed by atoms with Crippen molar-refractivity contribution in [2.75, 3.05) is 6.54 Å². The number of benzene rings is 1. The highest BCUT2D eigenvalue weighted by Gasteiger charge is 2.55. The number of nitrogens with zero attached hydrogens (tertiary/aromatic N) is 5. The maximum atomic E-state index is 12.9. The Morgan fingerprint density at radius 3 is 2.33 bits per heavy atom. The Labute approximate surface area is 186 Å². The van der Waals surface area contributed by atoms with Crippen LogP contribution in [0.1, 0.15) is 23.3 Å². The number of ether oxygens (including phenoxy) is 1. The van der Waals surface area contributed by atoms with Crippen molar-refractivity contribution in [2.24, 2.45) is 5.10 Å². The topological polar surface area (TPSA) is 113 Å². The smallest absolute Gasteiger partial charge is 0.382 e. The molecule has 1 aromatic carbocycles. The molecule has 2 aliphatic rings. The summed E-state index contributed by atoms with van der Waals surface area (Å²) in [4.78, 5) is 4.75. The van der Waals surface area contributed by atoms with Crippen LogP contribution in [-0.2, 0) is 11.3 Å². The number of rotatable bonds is 6. The van der Waals surface area contributed by atoms with Crippen LogP contribution in [0.25, 0.3) is 0 Å². The van der Waals surface area contributed by atoms with Crippen molar-refractivity contribution in [2.45, 2.75) is 43.6 Å². The zero-order chi connectivity index (χ0) is 24.1. The molecule has 1 fully saturated rings. The fourth-order valence-electron chi connectivity index (χ4n) is 3.13. The van der Waals surface area contributed by atoms with Gasteiger partial charge in [0.2, 0.25) is 6.10 Å². The number of H-pyrrole nitrogens is 1. The monoisotopic (exact) mass is 500 g/mol. The van der Waals surface area contributed by atoms with E-state index in [1.165, 1.54) is 29.3 Å². The van der Waals surface area contributed by atoms with E-state index in [1.54, 1.807) is 0 Å². The summed E-state index contributed by atoms with van der Waals surface area (Å²) >= 11 is 5.87. The van der Waals surface area contributed by atoms with Crippen LogP contribution >= 0.6 is 11.6 Å². The minimum Gasteiger partial charge on any atom is -0.382 e.